The number of unbranched alkanes of at least 4 members (excludes halogenated alkanes) is 1. The molecule has 0 aliphatic heterocycles. The molecule has 0 saturated heterocycles. The van der Waals surface area contributed by atoms with Gasteiger partial charge in [0.15, 0.2) is 0 Å². The third-order valence-electron chi connectivity index (χ3n) is 3.85. The van der Waals surface area contributed by atoms with Gasteiger partial charge in [0.25, 0.3) is 16.0 Å². The summed E-state index contributed by atoms with van der Waals surface area (Å²) in [6.45, 7) is 2.37. The van der Waals surface area contributed by atoms with Crippen molar-refractivity contribution in [1.29, 1.82) is 0 Å². The van der Waals surface area contributed by atoms with Gasteiger partial charge in [-0.05, 0) is 23.3 Å². The van der Waals surface area contributed by atoms with Gasteiger partial charge in [0.2, 0.25) is 0 Å². The number of carboxylic acid groups (broad SMARTS) is 1. The van der Waals surface area contributed by atoms with Gasteiger partial charge in [-0.25, -0.2) is 4.79 Å². The Balaban J connectivity index is 2.42. The highest BCUT2D eigenvalue weighted by Gasteiger charge is 2.28. The fourth-order valence-corrected chi connectivity index (χ4v) is 3.20. The van der Waals surface area contributed by atoms with E-state index in [0.717, 1.165) is 18.2 Å². The smallest absolute Gasteiger partial charge is 0.327 e. The van der Waals surface area contributed by atoms with Crippen molar-refractivity contribution in [2.75, 3.05) is 12.4 Å². The number of benzene rings is 2. The molecule has 2 aromatic carbocycles. The van der Waals surface area contributed by atoms with Gasteiger partial charge in [0.1, 0.15) is 17.5 Å². The Morgan fingerprint density at radius 3 is 2.52 bits per heavy atom. The molecular weight excluding hydrogens is 374 g/mol. The lowest BCUT2D eigenvalue weighted by Crippen LogP contribution is -2.45. The van der Waals surface area contributed by atoms with Gasteiger partial charge in [0, 0.05) is 0 Å². The predicted molar refractivity (Wildman–Crippen MR) is 99.7 cm³/mol. The van der Waals surface area contributed by atoms with E-state index in [4.69, 9.17) is 14.4 Å². The fourth-order valence-electron chi connectivity index (χ4n) is 2.55. The van der Waals surface area contributed by atoms with Crippen LogP contribution in [0.25, 0.3) is 10.8 Å². The first-order valence-corrected chi connectivity index (χ1v) is 9.97. The quantitative estimate of drug-likeness (QED) is 0.438. The molecule has 0 bridgehead atoms. The maximum absolute atomic E-state index is 12.8. The van der Waals surface area contributed by atoms with Crippen molar-refractivity contribution in [2.45, 2.75) is 25.8 Å². The van der Waals surface area contributed by atoms with Crippen LogP contribution in [0.3, 0.4) is 0 Å². The molecule has 3 N–H and O–H groups in total. The van der Waals surface area contributed by atoms with Crippen LogP contribution in [0.4, 0.5) is 0 Å². The third-order valence-corrected chi connectivity index (χ3v) is 4.61. The molecule has 2 aromatic rings. The van der Waals surface area contributed by atoms with Gasteiger partial charge < -0.3 is 15.2 Å². The van der Waals surface area contributed by atoms with Gasteiger partial charge in [-0.3, -0.25) is 9.35 Å². The van der Waals surface area contributed by atoms with Crippen LogP contribution >= 0.6 is 0 Å². The molecule has 0 radical (unpaired) electrons. The van der Waals surface area contributed by atoms with Gasteiger partial charge in [-0.15, -0.1) is 0 Å². The molecule has 0 aliphatic carbocycles. The molecule has 0 saturated carbocycles. The lowest BCUT2D eigenvalue weighted by molar-refractivity contribution is -0.138. The molecule has 0 aliphatic rings. The van der Waals surface area contributed by atoms with Crippen molar-refractivity contribution in [2.24, 2.45) is 0 Å². The predicted octanol–water partition coefficient (Wildman–Crippen LogP) is 2.09. The molecule has 1 amide bonds. The summed E-state index contributed by atoms with van der Waals surface area (Å²) in [5.41, 5.74) is 0.116. The highest BCUT2D eigenvalue weighted by Crippen LogP contribution is 2.28. The van der Waals surface area contributed by atoms with E-state index in [1.807, 2.05) is 6.92 Å². The average molecular weight is 395 g/mol. The minimum Gasteiger partial charge on any atom is -0.493 e. The molecule has 2 rings (SSSR count). The molecule has 27 heavy (non-hydrogen) atoms. The van der Waals surface area contributed by atoms with Gasteiger partial charge in [-0.2, -0.15) is 8.42 Å². The molecule has 0 fully saturated rings. The topological polar surface area (TPSA) is 130 Å². The minimum atomic E-state index is -4.59. The lowest BCUT2D eigenvalue weighted by Gasteiger charge is -2.17. The average Bonchev–Trinajstić information content (AvgIpc) is 2.59. The van der Waals surface area contributed by atoms with E-state index in [1.54, 1.807) is 36.4 Å². The fraction of sp³-hybridized carbons (Fsp3) is 0.333. The zero-order chi connectivity index (χ0) is 20.0. The number of aliphatic carboxylic acids is 1. The van der Waals surface area contributed by atoms with Crippen molar-refractivity contribution >= 4 is 32.8 Å². The largest absolute Gasteiger partial charge is 0.493 e. The minimum absolute atomic E-state index is 0.116. The summed E-state index contributed by atoms with van der Waals surface area (Å²) in [6, 6.07) is 8.59. The van der Waals surface area contributed by atoms with Gasteiger partial charge in [0.05, 0.1) is 12.2 Å². The number of carbonyl (C=O) groups is 2. The summed E-state index contributed by atoms with van der Waals surface area (Å²) in [4.78, 5) is 24.1. The molecule has 9 heteroatoms. The van der Waals surface area contributed by atoms with Crippen LogP contribution in [0.5, 0.6) is 5.75 Å². The van der Waals surface area contributed by atoms with Crippen LogP contribution in [0.2, 0.25) is 0 Å². The monoisotopic (exact) mass is 395 g/mol. The zero-order valence-electron chi connectivity index (χ0n) is 14.7. The van der Waals surface area contributed by atoms with Crippen LogP contribution in [0, 0.1) is 0 Å². The third kappa shape index (κ3) is 5.66. The molecular formula is C18H21NO7S. The van der Waals surface area contributed by atoms with Crippen molar-refractivity contribution < 1.29 is 32.4 Å². The summed E-state index contributed by atoms with van der Waals surface area (Å²) in [5, 5.41) is 12.6. The number of nitrogens with one attached hydrogen (secondary N) is 1. The Morgan fingerprint density at radius 1 is 1.19 bits per heavy atom. The Morgan fingerprint density at radius 2 is 1.89 bits per heavy atom. The van der Waals surface area contributed by atoms with E-state index >= 15 is 0 Å². The first-order valence-electron chi connectivity index (χ1n) is 8.36. The first kappa shape index (κ1) is 20.7. The van der Waals surface area contributed by atoms with Crippen molar-refractivity contribution in [3.63, 3.8) is 0 Å². The van der Waals surface area contributed by atoms with E-state index in [-0.39, 0.29) is 11.3 Å². The van der Waals surface area contributed by atoms with Gasteiger partial charge >= 0.3 is 5.97 Å². The van der Waals surface area contributed by atoms with Crippen molar-refractivity contribution in [3.05, 3.63) is 42.0 Å². The zero-order valence-corrected chi connectivity index (χ0v) is 15.5. The SMILES string of the molecule is CCCCOc1ccc2ccccc2c1C(=O)NC(CS(=O)(=O)O)C(=O)O. The number of carbonyl (C=O) groups excluding carboxylic acids is 1. The molecule has 1 atom stereocenters. The van der Waals surface area contributed by atoms with Crippen LogP contribution in [-0.2, 0) is 14.9 Å². The second-order valence-electron chi connectivity index (χ2n) is 5.97. The number of carboxylic acids is 1. The van der Waals surface area contributed by atoms with Crippen LogP contribution in [0.1, 0.15) is 30.1 Å². The maximum atomic E-state index is 12.8. The van der Waals surface area contributed by atoms with Crippen LogP contribution < -0.4 is 10.1 Å². The second kappa shape index (κ2) is 8.83. The molecule has 1 unspecified atom stereocenters. The van der Waals surface area contributed by atoms with Crippen molar-refractivity contribution in [3.8, 4) is 5.75 Å². The van der Waals surface area contributed by atoms with Crippen LogP contribution in [-0.4, -0.2) is 48.4 Å². The number of hydrogen-bond acceptors (Lipinski definition) is 5. The Kier molecular flexibility index (Phi) is 6.75. The number of ether oxygens (including phenoxy) is 1. The molecule has 8 nitrogen and oxygen atoms in total. The highest BCUT2D eigenvalue weighted by atomic mass is 32.2. The summed E-state index contributed by atoms with van der Waals surface area (Å²) in [6.07, 6.45) is 1.67. The number of amides is 1. The number of rotatable bonds is 9. The standard InChI is InChI=1S/C18H21NO7S/c1-2-3-10-26-15-9-8-12-6-4-5-7-13(12)16(15)17(20)19-14(18(21)22)11-27(23,24)25/h4-9,14H,2-3,10-11H2,1H3,(H,19,20)(H,21,22)(H,23,24,25). The van der Waals surface area contributed by atoms with E-state index in [0.29, 0.717) is 12.0 Å². The lowest BCUT2D eigenvalue weighted by atomic mass is 10.0. The highest BCUT2D eigenvalue weighted by molar-refractivity contribution is 7.85. The van der Waals surface area contributed by atoms with E-state index in [1.165, 1.54) is 0 Å². The summed E-state index contributed by atoms with van der Waals surface area (Å²) in [7, 11) is -4.59. The molecule has 0 spiro atoms. The van der Waals surface area contributed by atoms with E-state index in [9.17, 15) is 18.0 Å². The van der Waals surface area contributed by atoms with E-state index < -0.39 is 33.8 Å². The molecule has 0 aromatic heterocycles. The molecule has 0 heterocycles. The normalized spacial score (nSPS) is 12.5. The Hall–Kier alpha value is -2.65. The van der Waals surface area contributed by atoms with Gasteiger partial charge in [-0.1, -0.05) is 43.7 Å². The summed E-state index contributed by atoms with van der Waals surface area (Å²) in [5.74, 6) is -3.23. The number of hydrogen-bond donors (Lipinski definition) is 3. The maximum Gasteiger partial charge on any atom is 0.327 e. The Labute approximate surface area is 156 Å². The van der Waals surface area contributed by atoms with E-state index in [2.05, 4.69) is 5.32 Å². The molecule has 146 valence electrons. The first-order chi connectivity index (χ1) is 12.7. The van der Waals surface area contributed by atoms with Crippen LogP contribution in [0.15, 0.2) is 36.4 Å². The number of fused-ring (bicyclic) bond motifs is 1. The summed E-state index contributed by atoms with van der Waals surface area (Å²) < 4.78 is 36.7. The second-order valence-corrected chi connectivity index (χ2v) is 7.47. The summed E-state index contributed by atoms with van der Waals surface area (Å²) >= 11 is 0. The Bertz CT molecular complexity index is 940. The van der Waals surface area contributed by atoms with Crippen molar-refractivity contribution in [1.82, 2.24) is 5.32 Å².